The SMILES string of the molecule is CCOC(=O)C1CCN(CCC(=O)Nc2cc(Cl)ccc2Cl)CC1. The number of carbonyl (C=O) groups is 2. The van der Waals surface area contributed by atoms with Gasteiger partial charge in [-0.2, -0.15) is 0 Å². The Kier molecular flexibility index (Phi) is 7.34. The standard InChI is InChI=1S/C17H22Cl2N2O3/c1-2-24-17(23)12-5-8-21(9-6-12)10-7-16(22)20-15-11-13(18)3-4-14(15)19/h3-4,11-12H,2,5-10H2,1H3,(H,20,22). The first kappa shape index (κ1) is 19.0. The minimum Gasteiger partial charge on any atom is -0.466 e. The van der Waals surface area contributed by atoms with Gasteiger partial charge in [-0.05, 0) is 51.1 Å². The van der Waals surface area contributed by atoms with E-state index in [1.807, 2.05) is 6.92 Å². The van der Waals surface area contributed by atoms with E-state index in [0.29, 0.717) is 35.3 Å². The molecule has 5 nitrogen and oxygen atoms in total. The van der Waals surface area contributed by atoms with Crippen LogP contribution in [0.4, 0.5) is 5.69 Å². The quantitative estimate of drug-likeness (QED) is 0.775. The molecule has 0 bridgehead atoms. The van der Waals surface area contributed by atoms with Crippen molar-refractivity contribution in [2.24, 2.45) is 5.92 Å². The number of esters is 1. The van der Waals surface area contributed by atoms with E-state index in [9.17, 15) is 9.59 Å². The first-order chi connectivity index (χ1) is 11.5. The Hall–Kier alpha value is -1.30. The molecule has 2 rings (SSSR count). The molecule has 1 aromatic rings. The molecule has 7 heteroatoms. The van der Waals surface area contributed by atoms with Crippen LogP contribution in [-0.2, 0) is 14.3 Å². The van der Waals surface area contributed by atoms with E-state index in [2.05, 4.69) is 10.2 Å². The van der Waals surface area contributed by atoms with Crippen LogP contribution in [-0.4, -0.2) is 43.0 Å². The Morgan fingerprint density at radius 1 is 1.29 bits per heavy atom. The van der Waals surface area contributed by atoms with Gasteiger partial charge in [-0.25, -0.2) is 0 Å². The first-order valence-electron chi connectivity index (χ1n) is 8.13. The number of hydrogen-bond acceptors (Lipinski definition) is 4. The van der Waals surface area contributed by atoms with Crippen LogP contribution in [0.1, 0.15) is 26.2 Å². The molecule has 0 atom stereocenters. The number of likely N-dealkylation sites (tertiary alicyclic amines) is 1. The number of amides is 1. The molecule has 1 heterocycles. The lowest BCUT2D eigenvalue weighted by Gasteiger charge is -2.30. The molecule has 1 saturated heterocycles. The molecule has 1 N–H and O–H groups in total. The number of ether oxygens (including phenoxy) is 1. The van der Waals surface area contributed by atoms with Crippen molar-refractivity contribution in [3.05, 3.63) is 28.2 Å². The van der Waals surface area contributed by atoms with Crippen LogP contribution >= 0.6 is 23.2 Å². The van der Waals surface area contributed by atoms with Gasteiger partial charge in [-0.3, -0.25) is 9.59 Å². The van der Waals surface area contributed by atoms with Crippen LogP contribution in [0.15, 0.2) is 18.2 Å². The zero-order valence-electron chi connectivity index (χ0n) is 13.7. The largest absolute Gasteiger partial charge is 0.466 e. The molecule has 0 aliphatic carbocycles. The average Bonchev–Trinajstić information content (AvgIpc) is 2.57. The van der Waals surface area contributed by atoms with Crippen LogP contribution in [0, 0.1) is 5.92 Å². The molecule has 1 aliphatic heterocycles. The highest BCUT2D eigenvalue weighted by Crippen LogP contribution is 2.25. The van der Waals surface area contributed by atoms with Gasteiger partial charge >= 0.3 is 5.97 Å². The van der Waals surface area contributed by atoms with Gasteiger partial charge in [0.2, 0.25) is 5.91 Å². The number of carbonyl (C=O) groups excluding carboxylic acids is 2. The van der Waals surface area contributed by atoms with Gasteiger partial charge in [0, 0.05) is 18.0 Å². The number of anilines is 1. The molecule has 24 heavy (non-hydrogen) atoms. The minimum absolute atomic E-state index is 0.0136. The molecule has 1 aromatic carbocycles. The predicted molar refractivity (Wildman–Crippen MR) is 95.5 cm³/mol. The Bertz CT molecular complexity index is 587. The summed E-state index contributed by atoms with van der Waals surface area (Å²) in [4.78, 5) is 26.0. The van der Waals surface area contributed by atoms with Gasteiger partial charge in [0.15, 0.2) is 0 Å². The Balaban J connectivity index is 1.73. The van der Waals surface area contributed by atoms with Gasteiger partial charge in [-0.15, -0.1) is 0 Å². The Morgan fingerprint density at radius 3 is 2.67 bits per heavy atom. The van der Waals surface area contributed by atoms with Gasteiger partial charge in [0.05, 0.1) is 23.2 Å². The van der Waals surface area contributed by atoms with Crippen molar-refractivity contribution in [2.45, 2.75) is 26.2 Å². The second kappa shape index (κ2) is 9.25. The van der Waals surface area contributed by atoms with Crippen molar-refractivity contribution in [1.29, 1.82) is 0 Å². The fourth-order valence-corrected chi connectivity index (χ4v) is 3.05. The molecule has 0 radical (unpaired) electrons. The molecule has 1 fully saturated rings. The van der Waals surface area contributed by atoms with Crippen molar-refractivity contribution >= 4 is 40.8 Å². The van der Waals surface area contributed by atoms with Crippen molar-refractivity contribution in [1.82, 2.24) is 4.90 Å². The highest BCUT2D eigenvalue weighted by molar-refractivity contribution is 6.35. The Labute approximate surface area is 152 Å². The maximum atomic E-state index is 12.1. The van der Waals surface area contributed by atoms with E-state index in [1.165, 1.54) is 0 Å². The second-order valence-corrected chi connectivity index (χ2v) is 6.63. The summed E-state index contributed by atoms with van der Waals surface area (Å²) in [5.74, 6) is -0.225. The molecule has 132 valence electrons. The molecule has 1 amide bonds. The van der Waals surface area contributed by atoms with E-state index in [1.54, 1.807) is 18.2 Å². The van der Waals surface area contributed by atoms with Crippen molar-refractivity contribution in [2.75, 3.05) is 31.6 Å². The second-order valence-electron chi connectivity index (χ2n) is 5.79. The summed E-state index contributed by atoms with van der Waals surface area (Å²) in [5, 5.41) is 3.76. The summed E-state index contributed by atoms with van der Waals surface area (Å²) in [6, 6.07) is 4.96. The zero-order valence-corrected chi connectivity index (χ0v) is 15.2. The molecule has 0 aromatic heterocycles. The highest BCUT2D eigenvalue weighted by Gasteiger charge is 2.25. The summed E-state index contributed by atoms with van der Waals surface area (Å²) in [7, 11) is 0. The first-order valence-corrected chi connectivity index (χ1v) is 8.89. The van der Waals surface area contributed by atoms with E-state index in [4.69, 9.17) is 27.9 Å². The molecule has 0 spiro atoms. The maximum Gasteiger partial charge on any atom is 0.309 e. The van der Waals surface area contributed by atoms with Gasteiger partial charge in [0.25, 0.3) is 0 Å². The number of benzene rings is 1. The number of nitrogens with one attached hydrogen (secondary N) is 1. The van der Waals surface area contributed by atoms with Gasteiger partial charge in [-0.1, -0.05) is 23.2 Å². The third kappa shape index (κ3) is 5.65. The third-order valence-electron chi connectivity index (χ3n) is 4.07. The predicted octanol–water partition coefficient (Wildman–Crippen LogP) is 3.60. The molecular formula is C17H22Cl2N2O3. The van der Waals surface area contributed by atoms with Gasteiger partial charge in [0.1, 0.15) is 0 Å². The number of piperidine rings is 1. The fourth-order valence-electron chi connectivity index (χ4n) is 2.72. The van der Waals surface area contributed by atoms with Crippen molar-refractivity contribution in [3.8, 4) is 0 Å². The van der Waals surface area contributed by atoms with E-state index < -0.39 is 0 Å². The number of hydrogen-bond donors (Lipinski definition) is 1. The zero-order chi connectivity index (χ0) is 17.5. The van der Waals surface area contributed by atoms with E-state index >= 15 is 0 Å². The summed E-state index contributed by atoms with van der Waals surface area (Å²) >= 11 is 11.9. The summed E-state index contributed by atoms with van der Waals surface area (Å²) in [6.07, 6.45) is 1.92. The lowest BCUT2D eigenvalue weighted by Crippen LogP contribution is -2.38. The van der Waals surface area contributed by atoms with E-state index in [0.717, 1.165) is 25.9 Å². The van der Waals surface area contributed by atoms with Crippen molar-refractivity contribution < 1.29 is 14.3 Å². The van der Waals surface area contributed by atoms with Gasteiger partial charge < -0.3 is 15.0 Å². The van der Waals surface area contributed by atoms with Crippen LogP contribution in [0.2, 0.25) is 10.0 Å². The number of rotatable bonds is 6. The third-order valence-corrected chi connectivity index (χ3v) is 4.63. The topological polar surface area (TPSA) is 58.6 Å². The summed E-state index contributed by atoms with van der Waals surface area (Å²) in [5.41, 5.74) is 0.523. The normalized spacial score (nSPS) is 16.0. The lowest BCUT2D eigenvalue weighted by atomic mass is 9.97. The number of halogens is 2. The summed E-state index contributed by atoms with van der Waals surface area (Å²) in [6.45, 7) is 4.49. The summed E-state index contributed by atoms with van der Waals surface area (Å²) < 4.78 is 5.06. The number of nitrogens with zero attached hydrogens (tertiary/aromatic N) is 1. The molecule has 0 unspecified atom stereocenters. The lowest BCUT2D eigenvalue weighted by molar-refractivity contribution is -0.149. The monoisotopic (exact) mass is 372 g/mol. The Morgan fingerprint density at radius 2 is 2.00 bits per heavy atom. The molecule has 0 saturated carbocycles. The maximum absolute atomic E-state index is 12.1. The van der Waals surface area contributed by atoms with Crippen LogP contribution < -0.4 is 5.32 Å². The van der Waals surface area contributed by atoms with Crippen molar-refractivity contribution in [3.63, 3.8) is 0 Å². The molecular weight excluding hydrogens is 351 g/mol. The fraction of sp³-hybridized carbons (Fsp3) is 0.529. The highest BCUT2D eigenvalue weighted by atomic mass is 35.5. The average molecular weight is 373 g/mol. The molecule has 1 aliphatic rings. The van der Waals surface area contributed by atoms with Crippen LogP contribution in [0.25, 0.3) is 0 Å². The van der Waals surface area contributed by atoms with E-state index in [-0.39, 0.29) is 17.8 Å². The smallest absolute Gasteiger partial charge is 0.309 e. The minimum atomic E-state index is -0.106. The van der Waals surface area contributed by atoms with Crippen LogP contribution in [0.3, 0.4) is 0 Å². The van der Waals surface area contributed by atoms with Crippen LogP contribution in [0.5, 0.6) is 0 Å².